The molecule has 1 rings (SSSR count). The average Bonchev–Trinajstić information content (AvgIpc) is 2.44. The first-order valence-electron chi connectivity index (χ1n) is 6.75. The van der Waals surface area contributed by atoms with Crippen molar-refractivity contribution < 1.29 is 10.0 Å². The summed E-state index contributed by atoms with van der Waals surface area (Å²) in [5, 5.41) is 22.8. The quantitative estimate of drug-likeness (QED) is 0.331. The summed E-state index contributed by atoms with van der Waals surface area (Å²) in [5.74, 6) is 5.54. The number of nitrogens with one attached hydrogen (secondary N) is 1. The minimum atomic E-state index is -0.394. The number of aliphatic hydroxyl groups excluding tert-OH is 1. The third-order valence-electron chi connectivity index (χ3n) is 2.86. The third kappa shape index (κ3) is 5.29. The average molecular weight is 276 g/mol. The summed E-state index contributed by atoms with van der Waals surface area (Å²) in [6.07, 6.45) is 3.71. The van der Waals surface area contributed by atoms with E-state index in [2.05, 4.69) is 17.2 Å². The monoisotopic (exact) mass is 276 g/mol. The topological polar surface area (TPSA) is 75.4 Å². The molecule has 0 saturated heterocycles. The second-order valence-corrected chi connectivity index (χ2v) is 4.43. The van der Waals surface area contributed by atoms with Crippen LogP contribution in [0.2, 0.25) is 0 Å². The van der Waals surface area contributed by atoms with Crippen LogP contribution in [0, 0.1) is 22.0 Å². The lowest BCUT2D eigenvalue weighted by atomic mass is 10.1. The first-order valence-corrected chi connectivity index (χ1v) is 6.75. The minimum Gasteiger partial charge on any atom is -0.396 e. The number of nitro groups is 1. The maximum absolute atomic E-state index is 11.0. The zero-order valence-corrected chi connectivity index (χ0v) is 11.7. The van der Waals surface area contributed by atoms with Gasteiger partial charge in [-0.25, -0.2) is 0 Å². The van der Waals surface area contributed by atoms with Gasteiger partial charge in [-0.15, -0.1) is 5.92 Å². The van der Waals surface area contributed by atoms with E-state index in [1.807, 2.05) is 0 Å². The number of aliphatic hydroxyl groups is 1. The molecule has 0 heterocycles. The maximum atomic E-state index is 11.0. The van der Waals surface area contributed by atoms with Crippen molar-refractivity contribution in [3.63, 3.8) is 0 Å². The van der Waals surface area contributed by atoms with E-state index in [0.29, 0.717) is 17.8 Å². The maximum Gasteiger partial charge on any atom is 0.293 e. The van der Waals surface area contributed by atoms with Crippen molar-refractivity contribution in [3.05, 3.63) is 33.9 Å². The molecule has 0 unspecified atom stereocenters. The van der Waals surface area contributed by atoms with Gasteiger partial charge >= 0.3 is 0 Å². The van der Waals surface area contributed by atoms with E-state index in [4.69, 9.17) is 5.11 Å². The number of rotatable bonds is 8. The van der Waals surface area contributed by atoms with Gasteiger partial charge in [-0.3, -0.25) is 10.1 Å². The van der Waals surface area contributed by atoms with E-state index >= 15 is 0 Å². The van der Waals surface area contributed by atoms with Crippen LogP contribution >= 0.6 is 0 Å². The van der Waals surface area contributed by atoms with Crippen molar-refractivity contribution in [2.75, 3.05) is 18.5 Å². The molecule has 20 heavy (non-hydrogen) atoms. The van der Waals surface area contributed by atoms with Gasteiger partial charge < -0.3 is 10.4 Å². The zero-order valence-electron chi connectivity index (χ0n) is 11.7. The molecule has 1 aromatic carbocycles. The highest BCUT2D eigenvalue weighted by Crippen LogP contribution is 2.25. The normalized spacial score (nSPS) is 9.70. The number of nitrogens with zero attached hydrogens (tertiary/aromatic N) is 1. The number of hydrogen-bond acceptors (Lipinski definition) is 4. The van der Waals surface area contributed by atoms with Crippen molar-refractivity contribution in [2.45, 2.75) is 32.6 Å². The zero-order chi connectivity index (χ0) is 14.8. The van der Waals surface area contributed by atoms with Crippen LogP contribution in [-0.4, -0.2) is 23.2 Å². The van der Waals surface area contributed by atoms with Crippen molar-refractivity contribution in [2.24, 2.45) is 0 Å². The van der Waals surface area contributed by atoms with E-state index < -0.39 is 4.92 Å². The van der Waals surface area contributed by atoms with Crippen LogP contribution in [0.3, 0.4) is 0 Å². The Balaban J connectivity index is 2.59. The van der Waals surface area contributed by atoms with Gasteiger partial charge in [0.2, 0.25) is 0 Å². The summed E-state index contributed by atoms with van der Waals surface area (Å²) in [4.78, 5) is 10.6. The van der Waals surface area contributed by atoms with Gasteiger partial charge in [0.15, 0.2) is 0 Å². The molecule has 0 saturated carbocycles. The molecule has 1 aromatic rings. The molecule has 5 heteroatoms. The predicted octanol–water partition coefficient (Wildman–Crippen LogP) is 2.93. The van der Waals surface area contributed by atoms with Crippen molar-refractivity contribution in [1.82, 2.24) is 0 Å². The Hall–Kier alpha value is -2.06. The van der Waals surface area contributed by atoms with Gasteiger partial charge in [0.25, 0.3) is 5.69 Å². The molecule has 108 valence electrons. The Morgan fingerprint density at radius 2 is 2.05 bits per heavy atom. The smallest absolute Gasteiger partial charge is 0.293 e. The highest BCUT2D eigenvalue weighted by molar-refractivity contribution is 5.64. The van der Waals surface area contributed by atoms with Gasteiger partial charge in [-0.2, -0.15) is 0 Å². The highest BCUT2D eigenvalue weighted by atomic mass is 16.6. The van der Waals surface area contributed by atoms with Crippen LogP contribution in [0.5, 0.6) is 0 Å². The summed E-state index contributed by atoms with van der Waals surface area (Å²) in [6.45, 7) is 2.61. The number of hydrogen-bond donors (Lipinski definition) is 2. The second kappa shape index (κ2) is 8.94. The van der Waals surface area contributed by atoms with Gasteiger partial charge in [0.1, 0.15) is 5.69 Å². The fourth-order valence-corrected chi connectivity index (χ4v) is 1.87. The van der Waals surface area contributed by atoms with Crippen LogP contribution in [0.4, 0.5) is 11.4 Å². The molecular weight excluding hydrogens is 256 g/mol. The third-order valence-corrected chi connectivity index (χ3v) is 2.86. The van der Waals surface area contributed by atoms with E-state index in [1.54, 1.807) is 19.1 Å². The molecule has 0 aromatic heterocycles. The van der Waals surface area contributed by atoms with E-state index in [1.165, 1.54) is 6.07 Å². The highest BCUT2D eigenvalue weighted by Gasteiger charge is 2.13. The molecule has 0 spiro atoms. The van der Waals surface area contributed by atoms with Crippen LogP contribution in [0.25, 0.3) is 0 Å². The van der Waals surface area contributed by atoms with E-state index in [0.717, 1.165) is 25.7 Å². The fraction of sp³-hybridized carbons (Fsp3) is 0.467. The Labute approximate surface area is 119 Å². The molecule has 0 bridgehead atoms. The van der Waals surface area contributed by atoms with Crippen molar-refractivity contribution >= 4 is 11.4 Å². The van der Waals surface area contributed by atoms with Crippen LogP contribution in [0.15, 0.2) is 18.2 Å². The number of anilines is 1. The van der Waals surface area contributed by atoms with Crippen molar-refractivity contribution in [1.29, 1.82) is 0 Å². The fourth-order valence-electron chi connectivity index (χ4n) is 1.87. The first-order chi connectivity index (χ1) is 9.69. The summed E-state index contributed by atoms with van der Waals surface area (Å²) in [7, 11) is 0. The van der Waals surface area contributed by atoms with Gasteiger partial charge in [-0.05, 0) is 31.9 Å². The molecule has 0 atom stereocenters. The standard InChI is InChI=1S/C15H20N2O3/c1-2-7-13-8-9-14(15(12-13)17(19)20)16-10-5-3-4-6-11-18/h8-9,12,16,18H,3-6,10-11H2,1H3. The van der Waals surface area contributed by atoms with Gasteiger partial charge in [-0.1, -0.05) is 18.8 Å². The Morgan fingerprint density at radius 1 is 1.30 bits per heavy atom. The molecule has 5 nitrogen and oxygen atoms in total. The first kappa shape index (κ1) is 16.0. The van der Waals surface area contributed by atoms with Crippen LogP contribution < -0.4 is 5.32 Å². The molecule has 0 aliphatic rings. The lowest BCUT2D eigenvalue weighted by Gasteiger charge is -2.07. The summed E-state index contributed by atoms with van der Waals surface area (Å²) in [6, 6.07) is 4.97. The Kier molecular flexibility index (Phi) is 7.15. The Bertz CT molecular complexity index is 504. The summed E-state index contributed by atoms with van der Waals surface area (Å²) < 4.78 is 0. The molecule has 0 amide bonds. The largest absolute Gasteiger partial charge is 0.396 e. The van der Waals surface area contributed by atoms with Gasteiger partial charge in [0, 0.05) is 24.8 Å². The van der Waals surface area contributed by atoms with Crippen LogP contribution in [-0.2, 0) is 0 Å². The summed E-state index contributed by atoms with van der Waals surface area (Å²) in [5.41, 5.74) is 1.23. The summed E-state index contributed by atoms with van der Waals surface area (Å²) >= 11 is 0. The lowest BCUT2D eigenvalue weighted by Crippen LogP contribution is -2.04. The number of nitro benzene ring substituents is 1. The van der Waals surface area contributed by atoms with Gasteiger partial charge in [0.05, 0.1) is 4.92 Å². The van der Waals surface area contributed by atoms with E-state index in [9.17, 15) is 10.1 Å². The lowest BCUT2D eigenvalue weighted by molar-refractivity contribution is -0.384. The second-order valence-electron chi connectivity index (χ2n) is 4.43. The molecule has 0 radical (unpaired) electrons. The molecule has 2 N–H and O–H groups in total. The molecule has 0 aliphatic heterocycles. The predicted molar refractivity (Wildman–Crippen MR) is 79.7 cm³/mol. The number of benzene rings is 1. The molecule has 0 fully saturated rings. The molecule has 0 aliphatic carbocycles. The Morgan fingerprint density at radius 3 is 2.70 bits per heavy atom. The minimum absolute atomic E-state index is 0.0561. The van der Waals surface area contributed by atoms with Crippen LogP contribution in [0.1, 0.15) is 38.2 Å². The SMILES string of the molecule is CC#Cc1ccc(NCCCCCCO)c([N+](=O)[O-])c1. The number of unbranched alkanes of at least 4 members (excludes halogenated alkanes) is 3. The van der Waals surface area contributed by atoms with E-state index in [-0.39, 0.29) is 12.3 Å². The van der Waals surface area contributed by atoms with Crippen molar-refractivity contribution in [3.8, 4) is 11.8 Å². The molecular formula is C15H20N2O3.